The van der Waals surface area contributed by atoms with Gasteiger partial charge in [0.05, 0.1) is 5.60 Å². The lowest BCUT2D eigenvalue weighted by Crippen LogP contribution is -2.20. The van der Waals surface area contributed by atoms with E-state index in [4.69, 9.17) is 9.47 Å². The van der Waals surface area contributed by atoms with Gasteiger partial charge >= 0.3 is 0 Å². The first-order valence-corrected chi connectivity index (χ1v) is 5.26. The van der Waals surface area contributed by atoms with Gasteiger partial charge in [-0.25, -0.2) is 0 Å². The number of hydrogen-bond acceptors (Lipinski definition) is 3. The predicted molar refractivity (Wildman–Crippen MR) is 57.0 cm³/mol. The molecule has 1 aromatic rings. The van der Waals surface area contributed by atoms with Crippen molar-refractivity contribution in [3.8, 4) is 11.5 Å². The second-order valence-corrected chi connectivity index (χ2v) is 4.09. The normalized spacial score (nSPS) is 17.5. The fraction of sp³-hybridized carbons (Fsp3) is 0.500. The first-order chi connectivity index (χ1) is 7.13. The van der Waals surface area contributed by atoms with E-state index in [0.29, 0.717) is 0 Å². The summed E-state index contributed by atoms with van der Waals surface area (Å²) in [4.78, 5) is 0. The molecule has 0 aliphatic carbocycles. The zero-order valence-electron chi connectivity index (χ0n) is 9.12. The Balaban J connectivity index is 2.29. The highest BCUT2D eigenvalue weighted by atomic mass is 16.7. The SMILES string of the molecule is CCC[C@@](C)(O)c1ccc2c(c1)OCO2. The van der Waals surface area contributed by atoms with Crippen LogP contribution in [0.15, 0.2) is 18.2 Å². The van der Waals surface area contributed by atoms with Gasteiger partial charge in [-0.2, -0.15) is 0 Å². The van der Waals surface area contributed by atoms with E-state index >= 15 is 0 Å². The Hall–Kier alpha value is -1.22. The number of benzene rings is 1. The zero-order chi connectivity index (χ0) is 10.9. The molecule has 0 aromatic heterocycles. The Morgan fingerprint density at radius 3 is 2.80 bits per heavy atom. The minimum absolute atomic E-state index is 0.273. The largest absolute Gasteiger partial charge is 0.454 e. The third-order valence-electron chi connectivity index (χ3n) is 2.73. The van der Waals surface area contributed by atoms with Crippen molar-refractivity contribution in [2.75, 3.05) is 6.79 Å². The molecule has 1 aliphatic rings. The number of fused-ring (bicyclic) bond motifs is 1. The molecule has 2 rings (SSSR count). The maximum Gasteiger partial charge on any atom is 0.231 e. The van der Waals surface area contributed by atoms with Crippen molar-refractivity contribution >= 4 is 0 Å². The van der Waals surface area contributed by atoms with Gasteiger partial charge in [0.2, 0.25) is 6.79 Å². The lowest BCUT2D eigenvalue weighted by molar-refractivity contribution is 0.0467. The van der Waals surface area contributed by atoms with E-state index in [-0.39, 0.29) is 6.79 Å². The van der Waals surface area contributed by atoms with Gasteiger partial charge in [-0.05, 0) is 31.0 Å². The summed E-state index contributed by atoms with van der Waals surface area (Å²) in [5.41, 5.74) is 0.101. The molecule has 0 bridgehead atoms. The summed E-state index contributed by atoms with van der Waals surface area (Å²) in [6.07, 6.45) is 1.69. The van der Waals surface area contributed by atoms with Crippen molar-refractivity contribution in [1.82, 2.24) is 0 Å². The van der Waals surface area contributed by atoms with Crippen molar-refractivity contribution in [2.24, 2.45) is 0 Å². The molecular formula is C12H16O3. The van der Waals surface area contributed by atoms with Gasteiger partial charge in [0.15, 0.2) is 11.5 Å². The molecule has 0 saturated carbocycles. The summed E-state index contributed by atoms with van der Waals surface area (Å²) in [5.74, 6) is 1.48. The van der Waals surface area contributed by atoms with Crippen LogP contribution in [0.3, 0.4) is 0 Å². The first-order valence-electron chi connectivity index (χ1n) is 5.26. The highest BCUT2D eigenvalue weighted by molar-refractivity contribution is 5.45. The molecule has 0 unspecified atom stereocenters. The minimum Gasteiger partial charge on any atom is -0.454 e. The topological polar surface area (TPSA) is 38.7 Å². The van der Waals surface area contributed by atoms with E-state index in [1.807, 2.05) is 25.1 Å². The molecule has 1 atom stereocenters. The molecular weight excluding hydrogens is 192 g/mol. The summed E-state index contributed by atoms with van der Waals surface area (Å²) >= 11 is 0. The van der Waals surface area contributed by atoms with Gasteiger partial charge < -0.3 is 14.6 Å². The summed E-state index contributed by atoms with van der Waals surface area (Å²) < 4.78 is 10.5. The zero-order valence-corrected chi connectivity index (χ0v) is 9.12. The van der Waals surface area contributed by atoms with Crippen LogP contribution < -0.4 is 9.47 Å². The van der Waals surface area contributed by atoms with Crippen LogP contribution in [0.4, 0.5) is 0 Å². The second kappa shape index (κ2) is 3.74. The van der Waals surface area contributed by atoms with Crippen LogP contribution in [0.1, 0.15) is 32.3 Å². The molecule has 3 heteroatoms. The second-order valence-electron chi connectivity index (χ2n) is 4.09. The quantitative estimate of drug-likeness (QED) is 0.829. The van der Waals surface area contributed by atoms with Crippen molar-refractivity contribution in [3.63, 3.8) is 0 Å². The van der Waals surface area contributed by atoms with Crippen LogP contribution in [0.25, 0.3) is 0 Å². The Morgan fingerprint density at radius 1 is 1.33 bits per heavy atom. The molecule has 82 valence electrons. The maximum atomic E-state index is 10.2. The smallest absolute Gasteiger partial charge is 0.231 e. The fourth-order valence-electron chi connectivity index (χ4n) is 1.86. The van der Waals surface area contributed by atoms with Crippen LogP contribution in [0.5, 0.6) is 11.5 Å². The van der Waals surface area contributed by atoms with E-state index in [9.17, 15) is 5.11 Å². The lowest BCUT2D eigenvalue weighted by Gasteiger charge is -2.23. The predicted octanol–water partition coefficient (Wildman–Crippen LogP) is 2.42. The number of aliphatic hydroxyl groups is 1. The molecule has 1 N–H and O–H groups in total. The Morgan fingerprint density at radius 2 is 2.07 bits per heavy atom. The summed E-state index contributed by atoms with van der Waals surface area (Å²) in [6.45, 7) is 4.16. The van der Waals surface area contributed by atoms with Crippen molar-refractivity contribution in [1.29, 1.82) is 0 Å². The van der Waals surface area contributed by atoms with Gasteiger partial charge in [0, 0.05) is 0 Å². The van der Waals surface area contributed by atoms with E-state index in [1.165, 1.54) is 0 Å². The van der Waals surface area contributed by atoms with Gasteiger partial charge in [-0.15, -0.1) is 0 Å². The first kappa shape index (κ1) is 10.3. The summed E-state index contributed by atoms with van der Waals surface area (Å²) in [7, 11) is 0. The van der Waals surface area contributed by atoms with Crippen molar-refractivity contribution < 1.29 is 14.6 Å². The fourth-order valence-corrected chi connectivity index (χ4v) is 1.86. The van der Waals surface area contributed by atoms with Gasteiger partial charge in [-0.3, -0.25) is 0 Å². The third-order valence-corrected chi connectivity index (χ3v) is 2.73. The highest BCUT2D eigenvalue weighted by Crippen LogP contribution is 2.36. The van der Waals surface area contributed by atoms with Gasteiger partial charge in [0.1, 0.15) is 0 Å². The molecule has 1 aromatic carbocycles. The van der Waals surface area contributed by atoms with Gasteiger partial charge in [-0.1, -0.05) is 19.4 Å². The highest BCUT2D eigenvalue weighted by Gasteiger charge is 2.24. The Bertz CT molecular complexity index is 358. The monoisotopic (exact) mass is 208 g/mol. The van der Waals surface area contributed by atoms with Crippen molar-refractivity contribution in [3.05, 3.63) is 23.8 Å². The van der Waals surface area contributed by atoms with Crippen LogP contribution in [0.2, 0.25) is 0 Å². The Kier molecular flexibility index (Phi) is 2.57. The average Bonchev–Trinajstić information content (AvgIpc) is 2.63. The third kappa shape index (κ3) is 1.92. The molecule has 0 radical (unpaired) electrons. The van der Waals surface area contributed by atoms with Crippen LogP contribution in [-0.2, 0) is 5.60 Å². The number of ether oxygens (including phenoxy) is 2. The van der Waals surface area contributed by atoms with Crippen LogP contribution in [0, 0.1) is 0 Å². The number of rotatable bonds is 3. The standard InChI is InChI=1S/C12H16O3/c1-3-6-12(2,13)9-4-5-10-11(7-9)15-8-14-10/h4-5,7,13H,3,6,8H2,1-2H3/t12-/m1/s1. The summed E-state index contributed by atoms with van der Waals surface area (Å²) in [6, 6.07) is 5.60. The number of hydrogen-bond donors (Lipinski definition) is 1. The average molecular weight is 208 g/mol. The summed E-state index contributed by atoms with van der Waals surface area (Å²) in [5, 5.41) is 10.2. The lowest BCUT2D eigenvalue weighted by atomic mass is 9.91. The van der Waals surface area contributed by atoms with Crippen molar-refractivity contribution in [2.45, 2.75) is 32.3 Å². The van der Waals surface area contributed by atoms with Gasteiger partial charge in [0.25, 0.3) is 0 Å². The molecule has 0 fully saturated rings. The molecule has 0 saturated heterocycles. The maximum absolute atomic E-state index is 10.2. The van der Waals surface area contributed by atoms with Crippen LogP contribution in [-0.4, -0.2) is 11.9 Å². The molecule has 15 heavy (non-hydrogen) atoms. The molecule has 3 nitrogen and oxygen atoms in total. The molecule has 1 heterocycles. The van der Waals surface area contributed by atoms with E-state index < -0.39 is 5.60 Å². The molecule has 0 spiro atoms. The Labute approximate surface area is 89.6 Å². The molecule has 0 amide bonds. The van der Waals surface area contributed by atoms with E-state index in [0.717, 1.165) is 29.9 Å². The van der Waals surface area contributed by atoms with E-state index in [1.54, 1.807) is 0 Å². The van der Waals surface area contributed by atoms with Crippen LogP contribution >= 0.6 is 0 Å². The molecule has 1 aliphatic heterocycles. The minimum atomic E-state index is -0.782. The van der Waals surface area contributed by atoms with E-state index in [2.05, 4.69) is 6.92 Å².